The van der Waals surface area contributed by atoms with Crippen LogP contribution < -0.4 is 0 Å². The number of rotatable bonds is 1. The Labute approximate surface area is 112 Å². The van der Waals surface area contributed by atoms with E-state index < -0.39 is 0 Å². The lowest BCUT2D eigenvalue weighted by molar-refractivity contribution is -0.296. The van der Waals surface area contributed by atoms with E-state index in [-0.39, 0.29) is 11.9 Å². The zero-order chi connectivity index (χ0) is 13.5. The first-order valence-corrected chi connectivity index (χ1v) is 7.29. The minimum atomic E-state index is -0.0576. The van der Waals surface area contributed by atoms with E-state index >= 15 is 0 Å². The van der Waals surface area contributed by atoms with Crippen molar-refractivity contribution < 1.29 is 9.47 Å². The zero-order valence-corrected chi connectivity index (χ0v) is 12.7. The third-order valence-corrected chi connectivity index (χ3v) is 4.35. The summed E-state index contributed by atoms with van der Waals surface area (Å²) in [6.45, 7) is 13.4. The molecule has 18 heavy (non-hydrogen) atoms. The summed E-state index contributed by atoms with van der Waals surface area (Å²) in [4.78, 5) is 0. The summed E-state index contributed by atoms with van der Waals surface area (Å²) in [6, 6.07) is 0. The van der Waals surface area contributed by atoms with Crippen molar-refractivity contribution >= 4 is 0 Å². The van der Waals surface area contributed by atoms with Gasteiger partial charge in [-0.3, -0.25) is 0 Å². The van der Waals surface area contributed by atoms with E-state index in [2.05, 4.69) is 47.6 Å². The van der Waals surface area contributed by atoms with Crippen molar-refractivity contribution in [1.29, 1.82) is 0 Å². The molecule has 1 aliphatic carbocycles. The fourth-order valence-corrected chi connectivity index (χ4v) is 3.84. The Morgan fingerprint density at radius 2 is 1.89 bits per heavy atom. The van der Waals surface area contributed by atoms with Crippen LogP contribution in [0.1, 0.15) is 54.4 Å². The topological polar surface area (TPSA) is 18.5 Å². The summed E-state index contributed by atoms with van der Waals surface area (Å²) in [5, 5.41) is 0. The van der Waals surface area contributed by atoms with Gasteiger partial charge in [0.25, 0.3) is 0 Å². The van der Waals surface area contributed by atoms with Crippen molar-refractivity contribution in [3.8, 4) is 0 Å². The largest absolute Gasteiger partial charge is 0.349 e. The van der Waals surface area contributed by atoms with E-state index in [0.717, 1.165) is 6.42 Å². The molecule has 2 heteroatoms. The first-order chi connectivity index (χ1) is 8.28. The van der Waals surface area contributed by atoms with E-state index in [1.54, 1.807) is 0 Å². The Hall–Kier alpha value is -0.340. The molecule has 0 N–H and O–H groups in total. The Balaban J connectivity index is 2.15. The number of hydrogen-bond acceptors (Lipinski definition) is 2. The Morgan fingerprint density at radius 3 is 2.44 bits per heavy atom. The SMILES string of the molecule is CC1=C[C@@H](C)[C@H]([C@@H]2O[C@H](C)CC(C)(C)O2)[C@H](C)C1. The third-order valence-electron chi connectivity index (χ3n) is 4.35. The van der Waals surface area contributed by atoms with Gasteiger partial charge in [0.05, 0.1) is 11.7 Å². The van der Waals surface area contributed by atoms with Gasteiger partial charge in [0.1, 0.15) is 0 Å². The fraction of sp³-hybridized carbons (Fsp3) is 0.875. The Bertz CT molecular complexity index is 332. The molecule has 5 atom stereocenters. The summed E-state index contributed by atoms with van der Waals surface area (Å²) in [5.41, 5.74) is 1.45. The monoisotopic (exact) mass is 252 g/mol. The fourth-order valence-electron chi connectivity index (χ4n) is 3.84. The van der Waals surface area contributed by atoms with E-state index in [4.69, 9.17) is 9.47 Å². The number of allylic oxidation sites excluding steroid dienone is 2. The molecule has 0 radical (unpaired) electrons. The van der Waals surface area contributed by atoms with Gasteiger partial charge in [-0.15, -0.1) is 0 Å². The van der Waals surface area contributed by atoms with Crippen LogP contribution in [0.2, 0.25) is 0 Å². The van der Waals surface area contributed by atoms with Gasteiger partial charge in [-0.25, -0.2) is 0 Å². The van der Waals surface area contributed by atoms with Crippen LogP contribution in [0.25, 0.3) is 0 Å². The molecule has 0 unspecified atom stereocenters. The first kappa shape index (κ1) is 14.1. The van der Waals surface area contributed by atoms with Crippen LogP contribution in [0.4, 0.5) is 0 Å². The highest BCUT2D eigenvalue weighted by atomic mass is 16.7. The Kier molecular flexibility index (Phi) is 3.89. The molecule has 0 spiro atoms. The second-order valence-electron chi connectivity index (χ2n) is 7.03. The minimum absolute atomic E-state index is 0.0434. The van der Waals surface area contributed by atoms with E-state index in [1.165, 1.54) is 12.0 Å². The molecular weight excluding hydrogens is 224 g/mol. The van der Waals surface area contributed by atoms with E-state index in [0.29, 0.717) is 23.9 Å². The highest BCUT2D eigenvalue weighted by Gasteiger charge is 2.42. The molecule has 1 aliphatic heterocycles. The van der Waals surface area contributed by atoms with Crippen LogP contribution in [0.15, 0.2) is 11.6 Å². The molecule has 0 bridgehead atoms. The maximum Gasteiger partial charge on any atom is 0.162 e. The van der Waals surface area contributed by atoms with Crippen molar-refractivity contribution in [3.63, 3.8) is 0 Å². The van der Waals surface area contributed by atoms with Gasteiger partial charge in [-0.05, 0) is 46.0 Å². The average molecular weight is 252 g/mol. The van der Waals surface area contributed by atoms with Gasteiger partial charge in [0, 0.05) is 12.3 Å². The molecule has 1 fully saturated rings. The highest BCUT2D eigenvalue weighted by molar-refractivity contribution is 5.09. The van der Waals surface area contributed by atoms with Gasteiger partial charge in [0.2, 0.25) is 0 Å². The van der Waals surface area contributed by atoms with Crippen LogP contribution >= 0.6 is 0 Å². The van der Waals surface area contributed by atoms with Gasteiger partial charge >= 0.3 is 0 Å². The summed E-state index contributed by atoms with van der Waals surface area (Å²) in [6.07, 6.45) is 4.80. The molecular formula is C16H28O2. The van der Waals surface area contributed by atoms with Gasteiger partial charge < -0.3 is 9.47 Å². The molecule has 0 aromatic carbocycles. The van der Waals surface area contributed by atoms with Crippen molar-refractivity contribution in [2.24, 2.45) is 17.8 Å². The molecule has 0 amide bonds. The molecule has 0 aromatic rings. The zero-order valence-electron chi connectivity index (χ0n) is 12.7. The maximum absolute atomic E-state index is 6.21. The van der Waals surface area contributed by atoms with Gasteiger partial charge in [0.15, 0.2) is 6.29 Å². The van der Waals surface area contributed by atoms with E-state index in [1.807, 2.05) is 0 Å². The second kappa shape index (κ2) is 4.97. The molecule has 2 nitrogen and oxygen atoms in total. The van der Waals surface area contributed by atoms with Crippen molar-refractivity contribution in [1.82, 2.24) is 0 Å². The molecule has 0 aromatic heterocycles. The van der Waals surface area contributed by atoms with Gasteiger partial charge in [-0.1, -0.05) is 25.5 Å². The predicted molar refractivity (Wildman–Crippen MR) is 74.3 cm³/mol. The maximum atomic E-state index is 6.21. The number of hydrogen-bond donors (Lipinski definition) is 0. The van der Waals surface area contributed by atoms with Gasteiger partial charge in [-0.2, -0.15) is 0 Å². The van der Waals surface area contributed by atoms with Crippen molar-refractivity contribution in [2.75, 3.05) is 0 Å². The molecule has 1 heterocycles. The van der Waals surface area contributed by atoms with Crippen LogP contribution in [-0.4, -0.2) is 18.0 Å². The molecule has 104 valence electrons. The molecule has 2 rings (SSSR count). The first-order valence-electron chi connectivity index (χ1n) is 7.29. The second-order valence-corrected chi connectivity index (χ2v) is 7.03. The lowest BCUT2D eigenvalue weighted by Crippen LogP contribution is -2.49. The van der Waals surface area contributed by atoms with Crippen molar-refractivity contribution in [2.45, 2.75) is 72.4 Å². The van der Waals surface area contributed by atoms with Crippen LogP contribution in [-0.2, 0) is 9.47 Å². The van der Waals surface area contributed by atoms with E-state index in [9.17, 15) is 0 Å². The molecule has 0 saturated carbocycles. The quantitative estimate of drug-likeness (QED) is 0.653. The van der Waals surface area contributed by atoms with Crippen molar-refractivity contribution in [3.05, 3.63) is 11.6 Å². The van der Waals surface area contributed by atoms with Crippen LogP contribution in [0.3, 0.4) is 0 Å². The highest BCUT2D eigenvalue weighted by Crippen LogP contribution is 2.41. The normalized spacial score (nSPS) is 44.6. The van der Waals surface area contributed by atoms with Crippen LogP contribution in [0, 0.1) is 17.8 Å². The standard InChI is InChI=1S/C16H28O2/c1-10-7-11(2)14(12(3)8-10)15-17-13(4)9-16(5,6)18-15/h7,11-15H,8-9H2,1-6H3/t11-,12-,13-,14+,15-/m1/s1. The summed E-state index contributed by atoms with van der Waals surface area (Å²) < 4.78 is 12.3. The molecule has 1 saturated heterocycles. The minimum Gasteiger partial charge on any atom is -0.349 e. The third kappa shape index (κ3) is 2.97. The lowest BCUT2D eigenvalue weighted by Gasteiger charge is -2.46. The summed E-state index contributed by atoms with van der Waals surface area (Å²) in [5.74, 6) is 1.66. The Morgan fingerprint density at radius 1 is 1.22 bits per heavy atom. The number of ether oxygens (including phenoxy) is 2. The smallest absolute Gasteiger partial charge is 0.162 e. The predicted octanol–water partition coefficient (Wildman–Crippen LogP) is 4.15. The summed E-state index contributed by atoms with van der Waals surface area (Å²) >= 11 is 0. The lowest BCUT2D eigenvalue weighted by atomic mass is 9.74. The average Bonchev–Trinajstić information content (AvgIpc) is 2.11. The van der Waals surface area contributed by atoms with Crippen LogP contribution in [0.5, 0.6) is 0 Å². The molecule has 2 aliphatic rings. The summed E-state index contributed by atoms with van der Waals surface area (Å²) in [7, 11) is 0.